The van der Waals surface area contributed by atoms with Crippen LogP contribution < -0.4 is 10.9 Å². The molecule has 1 aliphatic rings. The second-order valence-corrected chi connectivity index (χ2v) is 6.62. The van der Waals surface area contributed by atoms with Gasteiger partial charge in [0, 0.05) is 17.7 Å². The molecule has 1 amide bonds. The molecule has 0 saturated heterocycles. The Morgan fingerprint density at radius 2 is 1.96 bits per heavy atom. The number of hydrogen-bond acceptors (Lipinski definition) is 5. The minimum atomic E-state index is -0.267. The van der Waals surface area contributed by atoms with Crippen LogP contribution in [-0.4, -0.2) is 27.1 Å². The van der Waals surface area contributed by atoms with Crippen LogP contribution in [0.4, 0.5) is 0 Å². The Balaban J connectivity index is 1.80. The fraction of sp³-hybridized carbons (Fsp3) is 0.176. The first-order valence-electron chi connectivity index (χ1n) is 7.64. The van der Waals surface area contributed by atoms with Gasteiger partial charge in [-0.15, -0.1) is 11.3 Å². The molecule has 6 nitrogen and oxygen atoms in total. The van der Waals surface area contributed by atoms with Crippen LogP contribution in [0.3, 0.4) is 0 Å². The zero-order chi connectivity index (χ0) is 16.5. The highest BCUT2D eigenvalue weighted by Crippen LogP contribution is 2.35. The van der Waals surface area contributed by atoms with Crippen molar-refractivity contribution in [3.8, 4) is 21.8 Å². The van der Waals surface area contributed by atoms with Crippen LogP contribution in [-0.2, 0) is 0 Å². The third-order valence-corrected chi connectivity index (χ3v) is 4.77. The molecule has 0 aliphatic heterocycles. The number of benzene rings is 1. The summed E-state index contributed by atoms with van der Waals surface area (Å²) in [5.74, 6) is -0.157. The van der Waals surface area contributed by atoms with E-state index in [1.165, 1.54) is 17.4 Å². The number of aromatic nitrogens is 3. The first kappa shape index (κ1) is 14.8. The molecule has 7 heteroatoms. The van der Waals surface area contributed by atoms with Crippen LogP contribution in [0.2, 0.25) is 0 Å². The maximum Gasteiger partial charge on any atom is 0.280 e. The molecule has 1 aromatic carbocycles. The number of nitrogens with one attached hydrogen (secondary N) is 2. The molecule has 0 spiro atoms. The van der Waals surface area contributed by atoms with Crippen molar-refractivity contribution in [3.63, 3.8) is 0 Å². The molecule has 2 aromatic heterocycles. The summed E-state index contributed by atoms with van der Waals surface area (Å²) in [5.41, 5.74) is 1.93. The van der Waals surface area contributed by atoms with Crippen LogP contribution in [0.25, 0.3) is 21.8 Å². The Hall–Kier alpha value is -2.80. The van der Waals surface area contributed by atoms with Crippen LogP contribution in [0.1, 0.15) is 22.6 Å². The first-order valence-corrected chi connectivity index (χ1v) is 8.45. The monoisotopic (exact) mass is 338 g/mol. The van der Waals surface area contributed by atoms with Crippen molar-refractivity contribution in [2.75, 3.05) is 0 Å². The average Bonchev–Trinajstić information content (AvgIpc) is 3.31. The van der Waals surface area contributed by atoms with Crippen LogP contribution in [0.15, 0.2) is 47.3 Å². The number of amides is 1. The van der Waals surface area contributed by atoms with Crippen molar-refractivity contribution in [2.24, 2.45) is 0 Å². The van der Waals surface area contributed by atoms with E-state index in [-0.39, 0.29) is 17.5 Å². The molecule has 2 heterocycles. The van der Waals surface area contributed by atoms with E-state index in [2.05, 4.69) is 20.5 Å². The zero-order valence-electron chi connectivity index (χ0n) is 12.7. The van der Waals surface area contributed by atoms with E-state index in [0.717, 1.165) is 23.3 Å². The number of carbonyl (C=O) groups is 1. The summed E-state index contributed by atoms with van der Waals surface area (Å²) >= 11 is 1.28. The van der Waals surface area contributed by atoms with E-state index in [1.807, 2.05) is 30.3 Å². The van der Waals surface area contributed by atoms with Gasteiger partial charge in [0.25, 0.3) is 11.5 Å². The smallest absolute Gasteiger partial charge is 0.280 e. The lowest BCUT2D eigenvalue weighted by atomic mass is 10.1. The third-order valence-electron chi connectivity index (χ3n) is 3.69. The number of rotatable bonds is 4. The number of carbonyl (C=O) groups excluding carboxylic acids is 1. The Morgan fingerprint density at radius 1 is 1.17 bits per heavy atom. The van der Waals surface area contributed by atoms with Crippen molar-refractivity contribution in [1.82, 2.24) is 20.5 Å². The predicted octanol–water partition coefficient (Wildman–Crippen LogP) is 2.45. The van der Waals surface area contributed by atoms with Gasteiger partial charge in [-0.3, -0.25) is 9.59 Å². The SMILES string of the molecule is O=C(NC1CC1)c1nc(-c2ccccc2)c(-c2ccc(=O)[nH]n2)s1. The highest BCUT2D eigenvalue weighted by molar-refractivity contribution is 7.17. The Kier molecular flexibility index (Phi) is 3.70. The highest BCUT2D eigenvalue weighted by atomic mass is 32.1. The molecular weight excluding hydrogens is 324 g/mol. The van der Waals surface area contributed by atoms with Crippen molar-refractivity contribution >= 4 is 17.2 Å². The van der Waals surface area contributed by atoms with E-state index < -0.39 is 0 Å². The molecule has 0 bridgehead atoms. The number of nitrogens with zero attached hydrogens (tertiary/aromatic N) is 2. The zero-order valence-corrected chi connectivity index (χ0v) is 13.5. The number of H-pyrrole nitrogens is 1. The molecule has 24 heavy (non-hydrogen) atoms. The first-order chi connectivity index (χ1) is 11.7. The summed E-state index contributed by atoms with van der Waals surface area (Å²) in [5, 5.41) is 9.87. The third kappa shape index (κ3) is 2.98. The van der Waals surface area contributed by atoms with E-state index in [1.54, 1.807) is 6.07 Å². The maximum atomic E-state index is 12.3. The molecule has 0 radical (unpaired) electrons. The summed E-state index contributed by atoms with van der Waals surface area (Å²) in [6, 6.07) is 13.0. The largest absolute Gasteiger partial charge is 0.347 e. The van der Waals surface area contributed by atoms with E-state index in [9.17, 15) is 9.59 Å². The van der Waals surface area contributed by atoms with Crippen molar-refractivity contribution < 1.29 is 4.79 Å². The minimum absolute atomic E-state index is 0.157. The molecule has 3 aromatic rings. The second-order valence-electron chi connectivity index (χ2n) is 5.62. The van der Waals surface area contributed by atoms with Gasteiger partial charge >= 0.3 is 0 Å². The summed E-state index contributed by atoms with van der Waals surface area (Å²) in [4.78, 5) is 28.9. The van der Waals surface area contributed by atoms with Gasteiger partial charge in [0.1, 0.15) is 5.69 Å². The standard InChI is InChI=1S/C17H14N4O2S/c22-13-9-8-12(20-21-13)15-14(10-4-2-1-3-5-10)19-17(24-15)16(23)18-11-6-7-11/h1-5,8-9,11H,6-7H2,(H,18,23)(H,21,22). The molecule has 0 atom stereocenters. The number of thiazole rings is 1. The lowest BCUT2D eigenvalue weighted by Crippen LogP contribution is -2.25. The van der Waals surface area contributed by atoms with E-state index >= 15 is 0 Å². The molecule has 1 fully saturated rings. The lowest BCUT2D eigenvalue weighted by molar-refractivity contribution is 0.0951. The van der Waals surface area contributed by atoms with E-state index in [0.29, 0.717) is 16.4 Å². The molecule has 1 saturated carbocycles. The van der Waals surface area contributed by atoms with Gasteiger partial charge in [-0.2, -0.15) is 5.10 Å². The molecular formula is C17H14N4O2S. The quantitative estimate of drug-likeness (QED) is 0.765. The Bertz CT molecular complexity index is 924. The van der Waals surface area contributed by atoms with Crippen LogP contribution >= 0.6 is 11.3 Å². The summed E-state index contributed by atoms with van der Waals surface area (Å²) < 4.78 is 0. The minimum Gasteiger partial charge on any atom is -0.347 e. The Morgan fingerprint density at radius 3 is 2.62 bits per heavy atom. The van der Waals surface area contributed by atoms with Gasteiger partial charge in [0.2, 0.25) is 0 Å². The second kappa shape index (κ2) is 6.01. The highest BCUT2D eigenvalue weighted by Gasteiger charge is 2.26. The van der Waals surface area contributed by atoms with Gasteiger partial charge in [-0.05, 0) is 18.9 Å². The summed E-state index contributed by atoms with van der Waals surface area (Å²) in [7, 11) is 0. The van der Waals surface area contributed by atoms with E-state index in [4.69, 9.17) is 0 Å². The van der Waals surface area contributed by atoms with Crippen molar-refractivity contribution in [2.45, 2.75) is 18.9 Å². The van der Waals surface area contributed by atoms with Gasteiger partial charge in [-0.1, -0.05) is 30.3 Å². The molecule has 1 aliphatic carbocycles. The Labute approximate surface area is 141 Å². The summed E-state index contributed by atoms with van der Waals surface area (Å²) in [6.45, 7) is 0. The van der Waals surface area contributed by atoms with Gasteiger partial charge in [0.15, 0.2) is 5.01 Å². The molecule has 120 valence electrons. The van der Waals surface area contributed by atoms with Crippen LogP contribution in [0, 0.1) is 0 Å². The molecule has 0 unspecified atom stereocenters. The molecule has 4 rings (SSSR count). The van der Waals surface area contributed by atoms with Gasteiger partial charge in [0.05, 0.1) is 10.6 Å². The van der Waals surface area contributed by atoms with Gasteiger partial charge < -0.3 is 5.32 Å². The lowest BCUT2D eigenvalue weighted by Gasteiger charge is -2.01. The normalized spacial score (nSPS) is 13.7. The topological polar surface area (TPSA) is 87.7 Å². The average molecular weight is 338 g/mol. The predicted molar refractivity (Wildman–Crippen MR) is 91.9 cm³/mol. The maximum absolute atomic E-state index is 12.3. The van der Waals surface area contributed by atoms with Crippen molar-refractivity contribution in [3.05, 3.63) is 57.8 Å². The number of aromatic amines is 1. The molecule has 2 N–H and O–H groups in total. The number of hydrogen-bond donors (Lipinski definition) is 2. The fourth-order valence-corrected chi connectivity index (χ4v) is 3.29. The van der Waals surface area contributed by atoms with Crippen LogP contribution in [0.5, 0.6) is 0 Å². The van der Waals surface area contributed by atoms with Crippen molar-refractivity contribution in [1.29, 1.82) is 0 Å². The fourth-order valence-electron chi connectivity index (χ4n) is 2.33. The summed E-state index contributed by atoms with van der Waals surface area (Å²) in [6.07, 6.45) is 2.05. The van der Waals surface area contributed by atoms with Gasteiger partial charge in [-0.25, -0.2) is 10.1 Å².